The van der Waals surface area contributed by atoms with Crippen molar-refractivity contribution < 1.29 is 9.47 Å². The third-order valence-electron chi connectivity index (χ3n) is 5.88. The molecule has 0 fully saturated rings. The quantitative estimate of drug-likeness (QED) is 0.605. The normalized spacial score (nSPS) is 16.9. The van der Waals surface area contributed by atoms with Gasteiger partial charge in [0.25, 0.3) is 0 Å². The molecular formula is C25H30N2O2. The molecule has 0 spiro atoms. The van der Waals surface area contributed by atoms with Gasteiger partial charge in [-0.3, -0.25) is 4.90 Å². The van der Waals surface area contributed by atoms with Gasteiger partial charge in [-0.25, -0.2) is 0 Å². The molecule has 3 aromatic rings. The van der Waals surface area contributed by atoms with Crippen LogP contribution in [-0.4, -0.2) is 30.2 Å². The van der Waals surface area contributed by atoms with E-state index in [9.17, 15) is 0 Å². The summed E-state index contributed by atoms with van der Waals surface area (Å²) in [7, 11) is 3.41. The lowest BCUT2D eigenvalue weighted by Gasteiger charge is -2.32. The van der Waals surface area contributed by atoms with Gasteiger partial charge in [-0.05, 0) is 61.2 Å². The number of rotatable bonds is 5. The highest BCUT2D eigenvalue weighted by Crippen LogP contribution is 2.36. The van der Waals surface area contributed by atoms with Crippen LogP contribution in [0.1, 0.15) is 40.4 Å². The zero-order valence-corrected chi connectivity index (χ0v) is 17.8. The van der Waals surface area contributed by atoms with Crippen molar-refractivity contribution in [2.75, 3.05) is 20.8 Å². The van der Waals surface area contributed by atoms with Crippen molar-refractivity contribution in [3.8, 4) is 11.5 Å². The molecule has 29 heavy (non-hydrogen) atoms. The monoisotopic (exact) mass is 390 g/mol. The number of methoxy groups -OCH3 is 2. The summed E-state index contributed by atoms with van der Waals surface area (Å²) in [5, 5.41) is 0. The van der Waals surface area contributed by atoms with Crippen LogP contribution in [0.25, 0.3) is 0 Å². The summed E-state index contributed by atoms with van der Waals surface area (Å²) in [6, 6.07) is 17.6. The van der Waals surface area contributed by atoms with E-state index in [1.54, 1.807) is 14.2 Å². The van der Waals surface area contributed by atoms with Crippen LogP contribution >= 0.6 is 0 Å². The van der Waals surface area contributed by atoms with E-state index in [0.717, 1.165) is 37.6 Å². The average Bonchev–Trinajstić information content (AvgIpc) is 3.11. The van der Waals surface area contributed by atoms with E-state index in [2.05, 4.69) is 72.0 Å². The van der Waals surface area contributed by atoms with Crippen LogP contribution in [-0.2, 0) is 13.1 Å². The summed E-state index contributed by atoms with van der Waals surface area (Å²) >= 11 is 0. The van der Waals surface area contributed by atoms with Gasteiger partial charge in [0.2, 0.25) is 0 Å². The second-order valence-electron chi connectivity index (χ2n) is 7.93. The molecule has 1 aromatic heterocycles. The van der Waals surface area contributed by atoms with Gasteiger partial charge in [-0.1, -0.05) is 23.8 Å². The average molecular weight is 391 g/mol. The van der Waals surface area contributed by atoms with Crippen LogP contribution in [0.4, 0.5) is 0 Å². The number of fused-ring (bicyclic) bond motifs is 1. The molecule has 0 saturated carbocycles. The summed E-state index contributed by atoms with van der Waals surface area (Å²) in [4.78, 5) is 2.59. The number of hydrogen-bond donors (Lipinski definition) is 0. The van der Waals surface area contributed by atoms with E-state index < -0.39 is 0 Å². The minimum Gasteiger partial charge on any atom is -0.497 e. The molecule has 1 aliphatic rings. The van der Waals surface area contributed by atoms with E-state index in [1.165, 1.54) is 27.9 Å². The Balaban J connectivity index is 1.77. The first kappa shape index (κ1) is 19.6. The van der Waals surface area contributed by atoms with Crippen molar-refractivity contribution in [2.24, 2.45) is 0 Å². The molecule has 2 heterocycles. The molecule has 0 bridgehead atoms. The summed E-state index contributed by atoms with van der Waals surface area (Å²) in [6.07, 6.45) is 3.34. The highest BCUT2D eigenvalue weighted by molar-refractivity contribution is 5.40. The maximum atomic E-state index is 5.50. The highest BCUT2D eigenvalue weighted by Gasteiger charge is 2.28. The predicted octanol–water partition coefficient (Wildman–Crippen LogP) is 5.12. The fourth-order valence-electron chi connectivity index (χ4n) is 4.41. The molecule has 0 amide bonds. The first-order valence-corrected chi connectivity index (χ1v) is 10.3. The van der Waals surface area contributed by atoms with Gasteiger partial charge >= 0.3 is 0 Å². The van der Waals surface area contributed by atoms with E-state index in [4.69, 9.17) is 9.47 Å². The molecule has 0 saturated heterocycles. The Bertz CT molecular complexity index is 970. The Morgan fingerprint density at radius 1 is 0.931 bits per heavy atom. The summed E-state index contributed by atoms with van der Waals surface area (Å²) < 4.78 is 13.4. The third kappa shape index (κ3) is 4.03. The fraction of sp³-hybridized carbons (Fsp3) is 0.360. The molecule has 0 aliphatic carbocycles. The van der Waals surface area contributed by atoms with Crippen molar-refractivity contribution in [2.45, 2.75) is 39.4 Å². The Hall–Kier alpha value is -2.72. The fourth-order valence-corrected chi connectivity index (χ4v) is 4.41. The van der Waals surface area contributed by atoms with Crippen molar-refractivity contribution in [3.05, 3.63) is 82.7 Å². The van der Waals surface area contributed by atoms with Crippen LogP contribution < -0.4 is 9.47 Å². The molecule has 2 aromatic carbocycles. The van der Waals surface area contributed by atoms with Gasteiger partial charge in [0.05, 0.1) is 20.3 Å². The molecule has 0 N–H and O–H groups in total. The van der Waals surface area contributed by atoms with E-state index in [-0.39, 0.29) is 6.04 Å². The van der Waals surface area contributed by atoms with E-state index in [1.807, 2.05) is 6.07 Å². The number of benzene rings is 2. The zero-order chi connectivity index (χ0) is 20.4. The minimum atomic E-state index is 0.226. The summed E-state index contributed by atoms with van der Waals surface area (Å²) in [6.45, 7) is 7.34. The van der Waals surface area contributed by atoms with E-state index >= 15 is 0 Å². The van der Waals surface area contributed by atoms with Gasteiger partial charge in [0, 0.05) is 37.6 Å². The van der Waals surface area contributed by atoms with Crippen molar-refractivity contribution >= 4 is 0 Å². The van der Waals surface area contributed by atoms with Gasteiger partial charge in [0.15, 0.2) is 0 Å². The second kappa shape index (κ2) is 8.34. The SMILES string of the molecule is COc1cc(CN2CCCn3cccc3C2c2cc(C)ccc2C)cc(OC)c1. The number of aromatic nitrogens is 1. The van der Waals surface area contributed by atoms with Gasteiger partial charge in [-0.15, -0.1) is 0 Å². The number of aryl methyl sites for hydroxylation is 3. The molecule has 4 nitrogen and oxygen atoms in total. The molecule has 152 valence electrons. The molecule has 0 radical (unpaired) electrons. The lowest BCUT2D eigenvalue weighted by molar-refractivity contribution is 0.219. The molecule has 4 rings (SSSR count). The number of ether oxygens (including phenoxy) is 2. The lowest BCUT2D eigenvalue weighted by atomic mass is 9.95. The molecule has 4 heteroatoms. The van der Waals surface area contributed by atoms with Crippen LogP contribution in [0, 0.1) is 13.8 Å². The minimum absolute atomic E-state index is 0.226. The maximum absolute atomic E-state index is 5.50. The van der Waals surface area contributed by atoms with E-state index in [0.29, 0.717) is 0 Å². The van der Waals surface area contributed by atoms with Gasteiger partial charge < -0.3 is 14.0 Å². The number of nitrogens with zero attached hydrogens (tertiary/aromatic N) is 2. The molecule has 1 atom stereocenters. The lowest BCUT2D eigenvalue weighted by Crippen LogP contribution is -2.30. The smallest absolute Gasteiger partial charge is 0.122 e. The van der Waals surface area contributed by atoms with Crippen molar-refractivity contribution in [3.63, 3.8) is 0 Å². The summed E-state index contributed by atoms with van der Waals surface area (Å²) in [5.41, 5.74) is 6.60. The van der Waals surface area contributed by atoms with Gasteiger partial charge in [-0.2, -0.15) is 0 Å². The van der Waals surface area contributed by atoms with Crippen LogP contribution in [0.5, 0.6) is 11.5 Å². The predicted molar refractivity (Wildman–Crippen MR) is 117 cm³/mol. The first-order chi connectivity index (χ1) is 14.1. The number of hydrogen-bond acceptors (Lipinski definition) is 3. The summed E-state index contributed by atoms with van der Waals surface area (Å²) in [5.74, 6) is 1.67. The van der Waals surface area contributed by atoms with Crippen molar-refractivity contribution in [1.82, 2.24) is 9.47 Å². The third-order valence-corrected chi connectivity index (χ3v) is 5.88. The van der Waals surface area contributed by atoms with Crippen LogP contribution in [0.2, 0.25) is 0 Å². The Kier molecular flexibility index (Phi) is 5.63. The molecule has 1 aliphatic heterocycles. The first-order valence-electron chi connectivity index (χ1n) is 10.3. The molecule has 1 unspecified atom stereocenters. The zero-order valence-electron chi connectivity index (χ0n) is 17.8. The standard InChI is InChI=1S/C25H30N2O2/c1-18-8-9-19(2)23(13-18)25-24-7-5-10-26(24)11-6-12-27(25)17-20-14-21(28-3)16-22(15-20)29-4/h5,7-10,13-16,25H,6,11-12,17H2,1-4H3. The topological polar surface area (TPSA) is 26.6 Å². The maximum Gasteiger partial charge on any atom is 0.122 e. The van der Waals surface area contributed by atoms with Crippen LogP contribution in [0.3, 0.4) is 0 Å². The largest absolute Gasteiger partial charge is 0.497 e. The van der Waals surface area contributed by atoms with Gasteiger partial charge in [0.1, 0.15) is 11.5 Å². The van der Waals surface area contributed by atoms with Crippen LogP contribution in [0.15, 0.2) is 54.7 Å². The molecular weight excluding hydrogens is 360 g/mol. The Morgan fingerprint density at radius 2 is 1.69 bits per heavy atom. The van der Waals surface area contributed by atoms with Crippen molar-refractivity contribution in [1.29, 1.82) is 0 Å². The Labute approximate surface area is 173 Å². The Morgan fingerprint density at radius 3 is 2.41 bits per heavy atom. The second-order valence-corrected chi connectivity index (χ2v) is 7.93. The highest BCUT2D eigenvalue weighted by atomic mass is 16.5.